The molecule has 4 rings (SSSR count). The largest absolute Gasteiger partial charge is 0.338 e. The normalized spacial score (nSPS) is 18.6. The summed E-state index contributed by atoms with van der Waals surface area (Å²) in [5.74, 6) is 0.145. The van der Waals surface area contributed by atoms with E-state index < -0.39 is 0 Å². The lowest BCUT2D eigenvalue weighted by molar-refractivity contribution is -0.127. The number of aryl methyl sites for hydroxylation is 1. The first-order chi connectivity index (χ1) is 13.6. The molecule has 1 atom stereocenters. The number of carbonyl (C=O) groups excluding carboxylic acids is 2. The Morgan fingerprint density at radius 1 is 1.32 bits per heavy atom. The number of hydrogen-bond acceptors (Lipinski definition) is 4. The van der Waals surface area contributed by atoms with E-state index in [-0.39, 0.29) is 17.9 Å². The monoisotopic (exact) mass is 507 g/mol. The SMILES string of the molecule is CN(C(=O)c1csc(C2=CCN(C(=O)CI)CC2)n1)[C@@H]1CCc2ccccc21. The maximum atomic E-state index is 13.0. The smallest absolute Gasteiger partial charge is 0.273 e. The fraction of sp³-hybridized carbons (Fsp3) is 0.381. The van der Waals surface area contributed by atoms with Crippen LogP contribution in [-0.4, -0.2) is 51.2 Å². The Balaban J connectivity index is 1.47. The zero-order chi connectivity index (χ0) is 19.7. The third kappa shape index (κ3) is 3.74. The molecule has 28 heavy (non-hydrogen) atoms. The first-order valence-electron chi connectivity index (χ1n) is 9.42. The molecule has 0 bridgehead atoms. The van der Waals surface area contributed by atoms with E-state index >= 15 is 0 Å². The van der Waals surface area contributed by atoms with E-state index in [2.05, 4.69) is 51.8 Å². The predicted octanol–water partition coefficient (Wildman–Crippen LogP) is 3.95. The van der Waals surface area contributed by atoms with Crippen molar-refractivity contribution in [1.82, 2.24) is 14.8 Å². The number of thiazole rings is 1. The Bertz CT molecular complexity index is 939. The average molecular weight is 507 g/mol. The number of carbonyl (C=O) groups is 2. The third-order valence-electron chi connectivity index (χ3n) is 5.56. The molecule has 0 radical (unpaired) electrons. The highest BCUT2D eigenvalue weighted by molar-refractivity contribution is 14.1. The van der Waals surface area contributed by atoms with Crippen LogP contribution in [0.4, 0.5) is 0 Å². The second kappa shape index (κ2) is 8.32. The van der Waals surface area contributed by atoms with Gasteiger partial charge in [-0.25, -0.2) is 4.98 Å². The van der Waals surface area contributed by atoms with Gasteiger partial charge in [0.25, 0.3) is 5.91 Å². The van der Waals surface area contributed by atoms with Gasteiger partial charge in [-0.15, -0.1) is 11.3 Å². The maximum absolute atomic E-state index is 13.0. The fourth-order valence-electron chi connectivity index (χ4n) is 3.95. The maximum Gasteiger partial charge on any atom is 0.273 e. The summed E-state index contributed by atoms with van der Waals surface area (Å²) in [4.78, 5) is 33.2. The molecule has 7 heteroatoms. The van der Waals surface area contributed by atoms with Gasteiger partial charge < -0.3 is 9.80 Å². The number of fused-ring (bicyclic) bond motifs is 1. The van der Waals surface area contributed by atoms with Gasteiger partial charge in [-0.2, -0.15) is 0 Å². The summed E-state index contributed by atoms with van der Waals surface area (Å²) >= 11 is 3.61. The van der Waals surface area contributed by atoms with Crippen LogP contribution in [0.5, 0.6) is 0 Å². The van der Waals surface area contributed by atoms with Gasteiger partial charge in [-0.1, -0.05) is 52.9 Å². The Kier molecular flexibility index (Phi) is 5.82. The zero-order valence-electron chi connectivity index (χ0n) is 15.7. The summed E-state index contributed by atoms with van der Waals surface area (Å²) < 4.78 is 0.507. The molecule has 1 aromatic heterocycles. The van der Waals surface area contributed by atoms with Gasteiger partial charge in [-0.3, -0.25) is 9.59 Å². The topological polar surface area (TPSA) is 53.5 Å². The minimum absolute atomic E-state index is 0.0256. The molecule has 1 aromatic carbocycles. The molecule has 2 amide bonds. The van der Waals surface area contributed by atoms with Crippen LogP contribution >= 0.6 is 33.9 Å². The van der Waals surface area contributed by atoms with Crippen molar-refractivity contribution in [3.63, 3.8) is 0 Å². The first kappa shape index (κ1) is 19.6. The third-order valence-corrected chi connectivity index (χ3v) is 7.13. The Morgan fingerprint density at radius 3 is 2.89 bits per heavy atom. The Labute approximate surface area is 182 Å². The Hall–Kier alpha value is -1.74. The summed E-state index contributed by atoms with van der Waals surface area (Å²) in [7, 11) is 1.88. The molecule has 2 aromatic rings. The number of benzene rings is 1. The van der Waals surface area contributed by atoms with Gasteiger partial charge in [0, 0.05) is 25.5 Å². The van der Waals surface area contributed by atoms with Crippen LogP contribution < -0.4 is 0 Å². The molecule has 0 saturated heterocycles. The van der Waals surface area contributed by atoms with Crippen molar-refractivity contribution in [2.75, 3.05) is 24.6 Å². The van der Waals surface area contributed by atoms with Crippen molar-refractivity contribution in [3.8, 4) is 0 Å². The summed E-state index contributed by atoms with van der Waals surface area (Å²) in [6.07, 6.45) is 4.83. The molecule has 146 valence electrons. The molecular weight excluding hydrogens is 485 g/mol. The zero-order valence-corrected chi connectivity index (χ0v) is 18.7. The standard InChI is InChI=1S/C21H22IN3O2S/c1-24(18-7-6-14-4-2-3-5-16(14)18)21(27)17-13-28-20(23-17)15-8-10-25(11-9-15)19(26)12-22/h2-5,8,13,18H,6-7,9-12H2,1H3/t18-/m1/s1. The van der Waals surface area contributed by atoms with E-state index in [1.54, 1.807) is 0 Å². The summed E-state index contributed by atoms with van der Waals surface area (Å²) in [5, 5.41) is 2.75. The second-order valence-electron chi connectivity index (χ2n) is 7.16. The number of amides is 2. The van der Waals surface area contributed by atoms with Gasteiger partial charge in [0.15, 0.2) is 0 Å². The summed E-state index contributed by atoms with van der Waals surface area (Å²) in [6.45, 7) is 1.34. The molecule has 0 fully saturated rings. The lowest BCUT2D eigenvalue weighted by atomic mass is 10.1. The molecule has 1 aliphatic carbocycles. The minimum Gasteiger partial charge on any atom is -0.338 e. The minimum atomic E-state index is -0.0256. The number of nitrogens with zero attached hydrogens (tertiary/aromatic N) is 3. The summed E-state index contributed by atoms with van der Waals surface area (Å²) in [5.41, 5.74) is 4.24. The number of alkyl halides is 1. The van der Waals surface area contributed by atoms with Gasteiger partial charge in [-0.05, 0) is 36.0 Å². The molecule has 5 nitrogen and oxygen atoms in total. The second-order valence-corrected chi connectivity index (χ2v) is 8.78. The Morgan fingerprint density at radius 2 is 2.14 bits per heavy atom. The van der Waals surface area contributed by atoms with Gasteiger partial charge in [0.05, 0.1) is 10.5 Å². The molecule has 2 aliphatic rings. The first-order valence-corrected chi connectivity index (χ1v) is 11.8. The van der Waals surface area contributed by atoms with E-state index in [0.29, 0.717) is 16.7 Å². The van der Waals surface area contributed by atoms with E-state index in [0.717, 1.165) is 36.4 Å². The van der Waals surface area contributed by atoms with E-state index in [1.807, 2.05) is 28.3 Å². The number of rotatable bonds is 4. The van der Waals surface area contributed by atoms with Crippen LogP contribution in [0.3, 0.4) is 0 Å². The lowest BCUT2D eigenvalue weighted by Gasteiger charge is -2.25. The van der Waals surface area contributed by atoms with Crippen LogP contribution in [0.1, 0.15) is 45.5 Å². The van der Waals surface area contributed by atoms with Crippen molar-refractivity contribution in [3.05, 3.63) is 57.6 Å². The molecule has 0 unspecified atom stereocenters. The highest BCUT2D eigenvalue weighted by Crippen LogP contribution is 2.35. The van der Waals surface area contributed by atoms with Gasteiger partial charge in [0.2, 0.25) is 5.91 Å². The fourth-order valence-corrected chi connectivity index (χ4v) is 5.30. The summed E-state index contributed by atoms with van der Waals surface area (Å²) in [6, 6.07) is 8.49. The molecule has 2 heterocycles. The van der Waals surface area contributed by atoms with Crippen LogP contribution in [-0.2, 0) is 11.2 Å². The average Bonchev–Trinajstić information content (AvgIpc) is 3.40. The molecular formula is C21H22IN3O2S. The van der Waals surface area contributed by atoms with E-state index in [9.17, 15) is 9.59 Å². The number of halogens is 1. The van der Waals surface area contributed by atoms with Crippen molar-refractivity contribution < 1.29 is 9.59 Å². The highest BCUT2D eigenvalue weighted by Gasteiger charge is 2.30. The highest BCUT2D eigenvalue weighted by atomic mass is 127. The quantitative estimate of drug-likeness (QED) is 0.465. The molecule has 0 spiro atoms. The lowest BCUT2D eigenvalue weighted by Crippen LogP contribution is -2.35. The molecule has 0 N–H and O–H groups in total. The van der Waals surface area contributed by atoms with Crippen molar-refractivity contribution in [2.24, 2.45) is 0 Å². The van der Waals surface area contributed by atoms with Gasteiger partial charge in [0.1, 0.15) is 10.7 Å². The van der Waals surface area contributed by atoms with E-state index in [1.165, 1.54) is 22.5 Å². The number of hydrogen-bond donors (Lipinski definition) is 0. The van der Waals surface area contributed by atoms with Crippen LogP contribution in [0.2, 0.25) is 0 Å². The van der Waals surface area contributed by atoms with Crippen molar-refractivity contribution >= 4 is 51.3 Å². The van der Waals surface area contributed by atoms with Crippen molar-refractivity contribution in [1.29, 1.82) is 0 Å². The van der Waals surface area contributed by atoms with Crippen LogP contribution in [0.25, 0.3) is 5.57 Å². The number of aromatic nitrogens is 1. The van der Waals surface area contributed by atoms with Crippen LogP contribution in [0.15, 0.2) is 35.7 Å². The molecule has 1 aliphatic heterocycles. The van der Waals surface area contributed by atoms with E-state index in [4.69, 9.17) is 0 Å². The van der Waals surface area contributed by atoms with Crippen LogP contribution in [0, 0.1) is 0 Å². The predicted molar refractivity (Wildman–Crippen MR) is 120 cm³/mol. The molecule has 0 saturated carbocycles. The van der Waals surface area contributed by atoms with Gasteiger partial charge >= 0.3 is 0 Å². The van der Waals surface area contributed by atoms with Crippen molar-refractivity contribution in [2.45, 2.75) is 25.3 Å².